The summed E-state index contributed by atoms with van der Waals surface area (Å²) in [5.74, 6) is 0. The van der Waals surface area contributed by atoms with E-state index in [1.165, 1.54) is 21.5 Å². The van der Waals surface area contributed by atoms with Crippen LogP contribution < -0.4 is 15.9 Å². The molecule has 4 aromatic carbocycles. The number of nitrogens with zero attached hydrogens (tertiary/aromatic N) is 2. The van der Waals surface area contributed by atoms with Gasteiger partial charge in [0.2, 0.25) is 0 Å². The Labute approximate surface area is 276 Å². The summed E-state index contributed by atoms with van der Waals surface area (Å²) in [5, 5.41) is 23.2. The minimum absolute atomic E-state index is 0. The standard InChI is InChI=1S/C25H22P.2C2H3NO2S2.Pt/c1-5-13-22(14-6-1)21-26(23-15-7-2-8-16-23,24-17-9-3-10-18-24)25-19-11-4-12-20-25;2*4-3(5)1-2(6)7;/h1-20H,21H2;2*1,6-7H;/q+1;;;+2/p+4. The predicted octanol–water partition coefficient (Wildman–Crippen LogP) is 3.35. The molecule has 0 fully saturated rings. The van der Waals surface area contributed by atoms with E-state index >= 15 is 0 Å². The van der Waals surface area contributed by atoms with Crippen LogP contribution in [0.4, 0.5) is 0 Å². The number of benzene rings is 4. The first-order valence-corrected chi connectivity index (χ1v) is 15.8. The summed E-state index contributed by atoms with van der Waals surface area (Å²) >= 11 is 11.4. The van der Waals surface area contributed by atoms with Crippen LogP contribution in [0.15, 0.2) is 142 Å². The number of rotatable bonds is 7. The summed E-state index contributed by atoms with van der Waals surface area (Å²) < 4.78 is 0.648. The van der Waals surface area contributed by atoms with E-state index in [9.17, 15) is 20.2 Å². The van der Waals surface area contributed by atoms with Gasteiger partial charge in [0.05, 0.1) is 16.0 Å². The van der Waals surface area contributed by atoms with Gasteiger partial charge in [-0.25, -0.2) is 0 Å². The molecule has 0 aliphatic rings. The van der Waals surface area contributed by atoms with E-state index in [1.54, 1.807) is 0 Å². The molecule has 214 valence electrons. The molecule has 0 saturated carbocycles. The molecule has 4 aromatic rings. The summed E-state index contributed by atoms with van der Waals surface area (Å²) in [6.07, 6.45) is 2.63. The topological polar surface area (TPSA) is 86.3 Å². The molecule has 41 heavy (non-hydrogen) atoms. The third kappa shape index (κ3) is 13.0. The fraction of sp³-hybridized carbons (Fsp3) is 0.0345. The molecule has 12 heteroatoms. The molecule has 0 radical (unpaired) electrons. The van der Waals surface area contributed by atoms with Crippen molar-refractivity contribution < 1.29 is 30.9 Å². The fourth-order valence-corrected chi connectivity index (χ4v) is 8.50. The summed E-state index contributed by atoms with van der Waals surface area (Å²) in [7, 11) is -1.78. The van der Waals surface area contributed by atoms with Crippen LogP contribution >= 0.6 is 7.26 Å². The SMILES string of the molecule is O=[N+]([O-])C=C([SH2+])[SH2+].O=[N+]([O-])C=C([SH2+])[SH2+].[Pt+2].c1ccc(C[P+](c2ccccc2)(c2ccccc2)c2ccccc2)cc1. The van der Waals surface area contributed by atoms with E-state index in [0.717, 1.165) is 18.6 Å². The van der Waals surface area contributed by atoms with Crippen LogP contribution in [0.5, 0.6) is 0 Å². The van der Waals surface area contributed by atoms with E-state index in [4.69, 9.17) is 0 Å². The van der Waals surface area contributed by atoms with Crippen molar-refractivity contribution in [3.8, 4) is 0 Å². The van der Waals surface area contributed by atoms with Crippen LogP contribution in [0.25, 0.3) is 0 Å². The molecule has 0 atom stereocenters. The molecule has 4 rings (SSSR count). The first-order valence-electron chi connectivity index (χ1n) is 11.8. The molecule has 0 unspecified atom stereocenters. The monoisotopic (exact) mass is 826 g/mol. The van der Waals surface area contributed by atoms with Crippen LogP contribution in [0, 0.1) is 20.2 Å². The molecule has 0 bridgehead atoms. The average molecular weight is 827 g/mol. The number of hydrogen-bond donors (Lipinski definition) is 0. The van der Waals surface area contributed by atoms with Crippen LogP contribution in [0.3, 0.4) is 0 Å². The summed E-state index contributed by atoms with van der Waals surface area (Å²) in [4.78, 5) is 17.8. The van der Waals surface area contributed by atoms with Crippen LogP contribution in [-0.4, -0.2) is 9.85 Å². The predicted molar refractivity (Wildman–Crippen MR) is 186 cm³/mol. The van der Waals surface area contributed by atoms with Gasteiger partial charge in [0.1, 0.15) is 23.2 Å². The second-order valence-electron chi connectivity index (χ2n) is 8.12. The van der Waals surface area contributed by atoms with Gasteiger partial charge in [-0.15, -0.1) is 0 Å². The third-order valence-electron chi connectivity index (χ3n) is 5.32. The minimum Gasteiger partial charge on any atom is -0.259 e. The van der Waals surface area contributed by atoms with Crippen LogP contribution in [-0.2, 0) is 77.7 Å². The van der Waals surface area contributed by atoms with E-state index in [2.05, 4.69) is 172 Å². The quantitative estimate of drug-likeness (QED) is 0.124. The maximum Gasteiger partial charge on any atom is 2.00 e. The van der Waals surface area contributed by atoms with Crippen LogP contribution in [0.2, 0.25) is 0 Å². The van der Waals surface area contributed by atoms with Crippen LogP contribution in [0.1, 0.15) is 5.56 Å². The molecule has 0 spiro atoms. The van der Waals surface area contributed by atoms with Crippen molar-refractivity contribution >= 4 is 73.7 Å². The van der Waals surface area contributed by atoms with E-state index in [1.807, 2.05) is 0 Å². The first kappa shape index (κ1) is 36.7. The Morgan fingerprint density at radius 2 is 0.829 bits per heavy atom. The van der Waals surface area contributed by atoms with Gasteiger partial charge in [0.15, 0.2) is 0 Å². The summed E-state index contributed by atoms with van der Waals surface area (Å²) in [6.45, 7) is 0. The van der Waals surface area contributed by atoms with Crippen molar-refractivity contribution in [3.05, 3.63) is 168 Å². The van der Waals surface area contributed by atoms with E-state index in [0.29, 0.717) is 8.47 Å². The molecule has 0 aliphatic carbocycles. The molecule has 0 aliphatic heterocycles. The Morgan fingerprint density at radius 3 is 1.05 bits per heavy atom. The van der Waals surface area contributed by atoms with Crippen molar-refractivity contribution in [2.45, 2.75) is 6.16 Å². The van der Waals surface area contributed by atoms with Crippen molar-refractivity contribution in [1.82, 2.24) is 0 Å². The summed E-state index contributed by atoms with van der Waals surface area (Å²) in [5.41, 5.74) is 1.39. The Bertz CT molecular complexity index is 1280. The average Bonchev–Trinajstić information content (AvgIpc) is 2.93. The summed E-state index contributed by atoms with van der Waals surface area (Å²) in [6, 6.07) is 44.0. The van der Waals surface area contributed by atoms with E-state index in [-0.39, 0.29) is 21.1 Å². The molecule has 0 saturated heterocycles. The number of hydrogen-bond acceptors (Lipinski definition) is 4. The molecular weight excluding hydrogens is 795 g/mol. The van der Waals surface area contributed by atoms with Gasteiger partial charge in [-0.05, 0) is 42.0 Å². The Balaban J connectivity index is 0.000000469. The van der Waals surface area contributed by atoms with Gasteiger partial charge in [-0.3, -0.25) is 20.2 Å². The maximum absolute atomic E-state index is 9.48. The van der Waals surface area contributed by atoms with Gasteiger partial charge < -0.3 is 0 Å². The second-order valence-corrected chi connectivity index (χ2v) is 14.8. The van der Waals surface area contributed by atoms with Crippen molar-refractivity contribution in [3.63, 3.8) is 0 Å². The van der Waals surface area contributed by atoms with Crippen molar-refractivity contribution in [2.75, 3.05) is 0 Å². The third-order valence-corrected chi connectivity index (χ3v) is 10.2. The molecular formula is C29H32N2O4PPtS4+7. The maximum atomic E-state index is 9.48. The van der Waals surface area contributed by atoms with Crippen molar-refractivity contribution in [2.24, 2.45) is 0 Å². The van der Waals surface area contributed by atoms with Gasteiger partial charge in [0, 0.05) is 50.5 Å². The zero-order chi connectivity index (χ0) is 29.4. The second kappa shape index (κ2) is 19.7. The van der Waals surface area contributed by atoms with Gasteiger partial charge >= 0.3 is 41.9 Å². The zero-order valence-corrected chi connectivity index (χ0v) is 28.9. The normalized spacial score (nSPS) is 9.76. The largest absolute Gasteiger partial charge is 2.00 e. The molecule has 0 N–H and O–H groups in total. The van der Waals surface area contributed by atoms with Gasteiger partial charge in [-0.2, -0.15) is 0 Å². The molecule has 0 amide bonds. The van der Waals surface area contributed by atoms with Crippen molar-refractivity contribution in [1.29, 1.82) is 0 Å². The Hall–Kier alpha value is -2.32. The fourth-order valence-electron chi connectivity index (χ4n) is 3.84. The Kier molecular flexibility index (Phi) is 17.7. The van der Waals surface area contributed by atoms with Gasteiger partial charge in [0.25, 0.3) is 0 Å². The smallest absolute Gasteiger partial charge is 0.259 e. The molecule has 6 nitrogen and oxygen atoms in total. The molecule has 0 aromatic heterocycles. The zero-order valence-electron chi connectivity index (χ0n) is 21.7. The Morgan fingerprint density at radius 1 is 0.561 bits per heavy atom. The van der Waals surface area contributed by atoms with E-state index < -0.39 is 17.1 Å². The first-order chi connectivity index (χ1) is 19.1. The minimum atomic E-state index is -1.78. The van der Waals surface area contributed by atoms with Gasteiger partial charge in [-0.1, -0.05) is 84.9 Å². The number of nitro groups is 2. The molecule has 0 heterocycles.